The minimum Gasteiger partial charge on any atom is -0.399 e. The second-order valence-electron chi connectivity index (χ2n) is 4.00. The normalized spacial score (nSPS) is 11.6. The predicted octanol–water partition coefficient (Wildman–Crippen LogP) is 3.97. The standard InChI is InChI=1S/C15H12BrN3S/c16-14-4-2-1-3-12(14)13(9-17)15(19)20-11-7-5-10(18)6-8-11/h1-8H,18-19H2/b15-13-. The molecule has 0 aromatic heterocycles. The van der Waals surface area contributed by atoms with Crippen LogP contribution >= 0.6 is 27.7 Å². The first kappa shape index (κ1) is 14.5. The number of benzene rings is 2. The van der Waals surface area contributed by atoms with E-state index >= 15 is 0 Å². The predicted molar refractivity (Wildman–Crippen MR) is 87.6 cm³/mol. The van der Waals surface area contributed by atoms with Crippen molar-refractivity contribution in [3.8, 4) is 6.07 Å². The molecule has 100 valence electrons. The summed E-state index contributed by atoms with van der Waals surface area (Å²) in [6, 6.07) is 17.0. The van der Waals surface area contributed by atoms with Crippen molar-refractivity contribution in [2.45, 2.75) is 4.90 Å². The van der Waals surface area contributed by atoms with E-state index in [4.69, 9.17) is 11.5 Å². The largest absolute Gasteiger partial charge is 0.399 e. The van der Waals surface area contributed by atoms with Crippen molar-refractivity contribution >= 4 is 39.0 Å². The SMILES string of the molecule is N#C/C(=C(\N)Sc1ccc(N)cc1)c1ccccc1Br. The lowest BCUT2D eigenvalue weighted by Crippen LogP contribution is -1.98. The summed E-state index contributed by atoms with van der Waals surface area (Å²) in [5.41, 5.74) is 13.7. The van der Waals surface area contributed by atoms with Gasteiger partial charge in [-0.1, -0.05) is 45.9 Å². The van der Waals surface area contributed by atoms with Crippen molar-refractivity contribution in [3.63, 3.8) is 0 Å². The highest BCUT2D eigenvalue weighted by molar-refractivity contribution is 9.10. The van der Waals surface area contributed by atoms with Crippen LogP contribution in [0.1, 0.15) is 5.56 Å². The van der Waals surface area contributed by atoms with E-state index in [-0.39, 0.29) is 0 Å². The van der Waals surface area contributed by atoms with E-state index in [2.05, 4.69) is 22.0 Å². The molecule has 5 heteroatoms. The number of allylic oxidation sites excluding steroid dienone is 1. The van der Waals surface area contributed by atoms with Crippen molar-refractivity contribution in [3.05, 3.63) is 63.6 Å². The molecular weight excluding hydrogens is 334 g/mol. The molecule has 0 fully saturated rings. The van der Waals surface area contributed by atoms with Crippen molar-refractivity contribution in [2.24, 2.45) is 5.73 Å². The van der Waals surface area contributed by atoms with Crippen LogP contribution in [0.3, 0.4) is 0 Å². The van der Waals surface area contributed by atoms with E-state index in [0.717, 1.165) is 14.9 Å². The fourth-order valence-electron chi connectivity index (χ4n) is 1.63. The van der Waals surface area contributed by atoms with Gasteiger partial charge in [0.05, 0.1) is 10.6 Å². The second-order valence-corrected chi connectivity index (χ2v) is 5.97. The molecule has 0 saturated carbocycles. The maximum Gasteiger partial charge on any atom is 0.103 e. The highest BCUT2D eigenvalue weighted by Crippen LogP contribution is 2.32. The van der Waals surface area contributed by atoms with Gasteiger partial charge in [-0.2, -0.15) is 5.26 Å². The van der Waals surface area contributed by atoms with E-state index in [1.54, 1.807) is 12.1 Å². The quantitative estimate of drug-likeness (QED) is 0.501. The monoisotopic (exact) mass is 345 g/mol. The maximum atomic E-state index is 9.35. The topological polar surface area (TPSA) is 75.8 Å². The van der Waals surface area contributed by atoms with Crippen molar-refractivity contribution in [1.82, 2.24) is 0 Å². The zero-order valence-electron chi connectivity index (χ0n) is 10.5. The lowest BCUT2D eigenvalue weighted by molar-refractivity contribution is 1.43. The molecule has 4 N–H and O–H groups in total. The highest BCUT2D eigenvalue weighted by Gasteiger charge is 2.10. The van der Waals surface area contributed by atoms with Crippen LogP contribution in [0.25, 0.3) is 5.57 Å². The van der Waals surface area contributed by atoms with Crippen LogP contribution in [0.5, 0.6) is 0 Å². The molecule has 0 aliphatic carbocycles. The molecule has 20 heavy (non-hydrogen) atoms. The van der Waals surface area contributed by atoms with E-state index < -0.39 is 0 Å². The number of nitrogens with two attached hydrogens (primary N) is 2. The Labute approximate surface area is 130 Å². The van der Waals surface area contributed by atoms with Crippen molar-refractivity contribution in [2.75, 3.05) is 5.73 Å². The first-order chi connectivity index (χ1) is 9.61. The van der Waals surface area contributed by atoms with Gasteiger partial charge in [0.15, 0.2) is 0 Å². The number of hydrogen-bond donors (Lipinski definition) is 2. The Morgan fingerprint density at radius 1 is 1.10 bits per heavy atom. The molecule has 0 bridgehead atoms. The molecule has 3 nitrogen and oxygen atoms in total. The summed E-state index contributed by atoms with van der Waals surface area (Å²) in [5, 5.41) is 9.82. The van der Waals surface area contributed by atoms with Crippen LogP contribution in [0, 0.1) is 11.3 Å². The molecule has 2 aromatic rings. The summed E-state index contributed by atoms with van der Waals surface area (Å²) < 4.78 is 0.845. The lowest BCUT2D eigenvalue weighted by atomic mass is 10.1. The Hall–Kier alpha value is -1.90. The molecule has 2 rings (SSSR count). The van der Waals surface area contributed by atoms with Crippen LogP contribution in [0.4, 0.5) is 5.69 Å². The number of anilines is 1. The molecule has 0 atom stereocenters. The van der Waals surface area contributed by atoms with Gasteiger partial charge in [-0.25, -0.2) is 0 Å². The maximum absolute atomic E-state index is 9.35. The number of nitrogens with zero attached hydrogens (tertiary/aromatic N) is 1. The third-order valence-corrected chi connectivity index (χ3v) is 4.23. The Morgan fingerprint density at radius 3 is 2.35 bits per heavy atom. The van der Waals surface area contributed by atoms with E-state index in [9.17, 15) is 5.26 Å². The number of thioether (sulfide) groups is 1. The van der Waals surface area contributed by atoms with Crippen LogP contribution < -0.4 is 11.5 Å². The summed E-state index contributed by atoms with van der Waals surface area (Å²) in [4.78, 5) is 0.941. The number of hydrogen-bond acceptors (Lipinski definition) is 4. The van der Waals surface area contributed by atoms with Gasteiger partial charge >= 0.3 is 0 Å². The van der Waals surface area contributed by atoms with Gasteiger partial charge in [0.2, 0.25) is 0 Å². The molecule has 0 aliphatic heterocycles. The van der Waals surface area contributed by atoms with Gasteiger partial charge in [0, 0.05) is 20.6 Å². The van der Waals surface area contributed by atoms with Crippen LogP contribution in [0.2, 0.25) is 0 Å². The zero-order valence-corrected chi connectivity index (χ0v) is 12.9. The van der Waals surface area contributed by atoms with Gasteiger partial charge in [0.1, 0.15) is 6.07 Å². The van der Waals surface area contributed by atoms with Crippen LogP contribution in [0.15, 0.2) is 62.9 Å². The summed E-state index contributed by atoms with van der Waals surface area (Å²) >= 11 is 4.78. The summed E-state index contributed by atoms with van der Waals surface area (Å²) in [7, 11) is 0. The summed E-state index contributed by atoms with van der Waals surface area (Å²) in [5.74, 6) is 0. The molecule has 0 amide bonds. The molecule has 0 radical (unpaired) electrons. The lowest BCUT2D eigenvalue weighted by Gasteiger charge is -2.07. The Balaban J connectivity index is 2.36. The summed E-state index contributed by atoms with van der Waals surface area (Å²) in [6.45, 7) is 0. The van der Waals surface area contributed by atoms with Gasteiger partial charge in [0.25, 0.3) is 0 Å². The smallest absolute Gasteiger partial charge is 0.103 e. The van der Waals surface area contributed by atoms with E-state index in [0.29, 0.717) is 16.3 Å². The first-order valence-corrected chi connectivity index (χ1v) is 7.41. The van der Waals surface area contributed by atoms with Gasteiger partial charge < -0.3 is 11.5 Å². The second kappa shape index (κ2) is 6.51. The summed E-state index contributed by atoms with van der Waals surface area (Å²) in [6.07, 6.45) is 0. The highest BCUT2D eigenvalue weighted by atomic mass is 79.9. The average molecular weight is 346 g/mol. The molecule has 0 aliphatic rings. The molecule has 0 heterocycles. The third-order valence-electron chi connectivity index (χ3n) is 2.61. The molecule has 0 spiro atoms. The fraction of sp³-hybridized carbons (Fsp3) is 0. The zero-order chi connectivity index (χ0) is 14.5. The van der Waals surface area contributed by atoms with Gasteiger partial charge in [-0.05, 0) is 30.3 Å². The van der Waals surface area contributed by atoms with E-state index in [1.165, 1.54) is 11.8 Å². The number of nitrogen functional groups attached to an aromatic ring is 1. The molecular formula is C15H12BrN3S. The van der Waals surface area contributed by atoms with Crippen molar-refractivity contribution in [1.29, 1.82) is 5.26 Å². The Bertz CT molecular complexity index is 687. The molecule has 2 aromatic carbocycles. The minimum absolute atomic E-state index is 0.458. The third kappa shape index (κ3) is 3.35. The Kier molecular flexibility index (Phi) is 4.72. The van der Waals surface area contributed by atoms with Crippen LogP contribution in [-0.2, 0) is 0 Å². The van der Waals surface area contributed by atoms with E-state index in [1.807, 2.05) is 36.4 Å². The average Bonchev–Trinajstić information content (AvgIpc) is 2.44. The number of halogens is 1. The number of rotatable bonds is 3. The van der Waals surface area contributed by atoms with Gasteiger partial charge in [-0.15, -0.1) is 0 Å². The number of nitriles is 1. The van der Waals surface area contributed by atoms with Crippen LogP contribution in [-0.4, -0.2) is 0 Å². The fourth-order valence-corrected chi connectivity index (χ4v) is 2.89. The Morgan fingerprint density at radius 2 is 1.75 bits per heavy atom. The molecule has 0 unspecified atom stereocenters. The minimum atomic E-state index is 0.458. The molecule has 0 saturated heterocycles. The van der Waals surface area contributed by atoms with Crippen molar-refractivity contribution < 1.29 is 0 Å². The van der Waals surface area contributed by atoms with Gasteiger partial charge in [-0.3, -0.25) is 0 Å². The first-order valence-electron chi connectivity index (χ1n) is 5.80.